The highest BCUT2D eigenvalue weighted by molar-refractivity contribution is 5.43. The highest BCUT2D eigenvalue weighted by Crippen LogP contribution is 2.06. The maximum atomic E-state index is 9.45. The molecule has 0 aliphatic heterocycles. The number of aliphatic hydroxyl groups is 1. The summed E-state index contributed by atoms with van der Waals surface area (Å²) in [5, 5.41) is 12.5. The van der Waals surface area contributed by atoms with Crippen molar-refractivity contribution < 1.29 is 5.11 Å². The van der Waals surface area contributed by atoms with Gasteiger partial charge in [-0.2, -0.15) is 0 Å². The van der Waals surface area contributed by atoms with Crippen LogP contribution in [0.1, 0.15) is 19.8 Å². The fourth-order valence-electron chi connectivity index (χ4n) is 1.17. The van der Waals surface area contributed by atoms with Crippen molar-refractivity contribution >= 4 is 11.5 Å². The molecular weight excluding hydrogens is 178 g/mol. The number of aliphatic hydroxyl groups excluding tert-OH is 1. The molecule has 0 fully saturated rings. The topological polar surface area (TPSA) is 71.2 Å². The Labute approximate surface area is 84.2 Å². The largest absolute Gasteiger partial charge is 0.397 e. The SMILES string of the molecule is CCCC(O)CNc1ccc(N)cn1. The van der Waals surface area contributed by atoms with Crippen LogP contribution in [0.2, 0.25) is 0 Å². The number of nitrogen functional groups attached to an aromatic ring is 1. The molecule has 78 valence electrons. The van der Waals surface area contributed by atoms with Crippen LogP contribution in [0.25, 0.3) is 0 Å². The van der Waals surface area contributed by atoms with Crippen molar-refractivity contribution in [3.05, 3.63) is 18.3 Å². The maximum Gasteiger partial charge on any atom is 0.126 e. The Bertz CT molecular complexity index is 261. The third kappa shape index (κ3) is 3.62. The molecule has 1 atom stereocenters. The first-order valence-electron chi connectivity index (χ1n) is 4.86. The molecule has 0 amide bonds. The van der Waals surface area contributed by atoms with Crippen LogP contribution in [0, 0.1) is 0 Å². The zero-order valence-corrected chi connectivity index (χ0v) is 8.40. The van der Waals surface area contributed by atoms with Gasteiger partial charge in [0.2, 0.25) is 0 Å². The van der Waals surface area contributed by atoms with Gasteiger partial charge in [0.25, 0.3) is 0 Å². The molecule has 1 rings (SSSR count). The predicted molar refractivity (Wildman–Crippen MR) is 58.1 cm³/mol. The van der Waals surface area contributed by atoms with E-state index in [2.05, 4.69) is 10.3 Å². The number of hydrogen-bond donors (Lipinski definition) is 3. The minimum Gasteiger partial charge on any atom is -0.397 e. The summed E-state index contributed by atoms with van der Waals surface area (Å²) in [6.45, 7) is 2.58. The third-order valence-corrected chi connectivity index (χ3v) is 1.93. The van der Waals surface area contributed by atoms with E-state index in [1.54, 1.807) is 18.3 Å². The molecular formula is C10H17N3O. The molecule has 0 spiro atoms. The standard InChI is InChI=1S/C10H17N3O/c1-2-3-9(14)7-13-10-5-4-8(11)6-12-10/h4-6,9,14H,2-3,7,11H2,1H3,(H,12,13). The van der Waals surface area contributed by atoms with Crippen molar-refractivity contribution in [2.75, 3.05) is 17.6 Å². The summed E-state index contributed by atoms with van der Waals surface area (Å²) >= 11 is 0. The number of hydrogen-bond acceptors (Lipinski definition) is 4. The molecule has 1 aromatic heterocycles. The number of anilines is 2. The second-order valence-corrected chi connectivity index (χ2v) is 3.30. The lowest BCUT2D eigenvalue weighted by Crippen LogP contribution is -2.19. The fourth-order valence-corrected chi connectivity index (χ4v) is 1.17. The molecule has 4 N–H and O–H groups in total. The average molecular weight is 195 g/mol. The van der Waals surface area contributed by atoms with E-state index < -0.39 is 0 Å². The monoisotopic (exact) mass is 195 g/mol. The Morgan fingerprint density at radius 2 is 2.36 bits per heavy atom. The van der Waals surface area contributed by atoms with E-state index in [-0.39, 0.29) is 6.10 Å². The molecule has 0 aliphatic rings. The van der Waals surface area contributed by atoms with Crippen molar-refractivity contribution in [3.8, 4) is 0 Å². The number of pyridine rings is 1. The van der Waals surface area contributed by atoms with Crippen molar-refractivity contribution in [2.24, 2.45) is 0 Å². The minimum atomic E-state index is -0.306. The lowest BCUT2D eigenvalue weighted by molar-refractivity contribution is 0.176. The molecule has 0 bridgehead atoms. The van der Waals surface area contributed by atoms with Crippen LogP contribution in [-0.4, -0.2) is 22.7 Å². The molecule has 1 heterocycles. The normalized spacial score (nSPS) is 12.4. The lowest BCUT2D eigenvalue weighted by atomic mass is 10.2. The molecule has 0 aromatic carbocycles. The summed E-state index contributed by atoms with van der Waals surface area (Å²) in [5.41, 5.74) is 6.13. The van der Waals surface area contributed by atoms with Gasteiger partial charge in [0.1, 0.15) is 5.82 Å². The summed E-state index contributed by atoms with van der Waals surface area (Å²) in [6, 6.07) is 3.58. The van der Waals surface area contributed by atoms with Gasteiger partial charge in [0.15, 0.2) is 0 Å². The van der Waals surface area contributed by atoms with E-state index in [0.717, 1.165) is 18.7 Å². The number of nitrogens with two attached hydrogens (primary N) is 1. The van der Waals surface area contributed by atoms with Crippen LogP contribution in [-0.2, 0) is 0 Å². The molecule has 0 radical (unpaired) electrons. The molecule has 14 heavy (non-hydrogen) atoms. The van der Waals surface area contributed by atoms with Crippen molar-refractivity contribution in [1.82, 2.24) is 4.98 Å². The summed E-state index contributed by atoms with van der Waals surface area (Å²) in [7, 11) is 0. The molecule has 0 saturated heterocycles. The number of aromatic nitrogens is 1. The molecule has 0 saturated carbocycles. The van der Waals surface area contributed by atoms with Crippen LogP contribution in [0.3, 0.4) is 0 Å². The first-order chi connectivity index (χ1) is 6.72. The second-order valence-electron chi connectivity index (χ2n) is 3.30. The summed E-state index contributed by atoms with van der Waals surface area (Å²) in [6.07, 6.45) is 3.08. The number of nitrogens with zero attached hydrogens (tertiary/aromatic N) is 1. The van der Waals surface area contributed by atoms with E-state index in [1.165, 1.54) is 0 Å². The smallest absolute Gasteiger partial charge is 0.126 e. The maximum absolute atomic E-state index is 9.45. The van der Waals surface area contributed by atoms with Crippen LogP contribution in [0.15, 0.2) is 18.3 Å². The van der Waals surface area contributed by atoms with E-state index in [1.807, 2.05) is 6.92 Å². The van der Waals surface area contributed by atoms with Gasteiger partial charge in [-0.05, 0) is 18.6 Å². The number of rotatable bonds is 5. The first kappa shape index (κ1) is 10.8. The Balaban J connectivity index is 2.34. The first-order valence-corrected chi connectivity index (χ1v) is 4.86. The Kier molecular flexibility index (Phi) is 4.19. The molecule has 4 heteroatoms. The Morgan fingerprint density at radius 1 is 1.57 bits per heavy atom. The van der Waals surface area contributed by atoms with Crippen LogP contribution < -0.4 is 11.1 Å². The van der Waals surface area contributed by atoms with E-state index in [4.69, 9.17) is 5.73 Å². The fraction of sp³-hybridized carbons (Fsp3) is 0.500. The molecule has 4 nitrogen and oxygen atoms in total. The van der Waals surface area contributed by atoms with Crippen LogP contribution in [0.5, 0.6) is 0 Å². The van der Waals surface area contributed by atoms with Gasteiger partial charge in [-0.1, -0.05) is 13.3 Å². The molecule has 1 unspecified atom stereocenters. The zero-order chi connectivity index (χ0) is 10.4. The average Bonchev–Trinajstić information content (AvgIpc) is 2.17. The van der Waals surface area contributed by atoms with Gasteiger partial charge in [0.05, 0.1) is 18.0 Å². The Hall–Kier alpha value is -1.29. The lowest BCUT2D eigenvalue weighted by Gasteiger charge is -2.10. The third-order valence-electron chi connectivity index (χ3n) is 1.93. The van der Waals surface area contributed by atoms with Gasteiger partial charge in [-0.15, -0.1) is 0 Å². The quantitative estimate of drug-likeness (QED) is 0.661. The van der Waals surface area contributed by atoms with E-state index >= 15 is 0 Å². The van der Waals surface area contributed by atoms with Gasteiger partial charge >= 0.3 is 0 Å². The number of nitrogens with one attached hydrogen (secondary N) is 1. The minimum absolute atomic E-state index is 0.306. The van der Waals surface area contributed by atoms with Crippen molar-refractivity contribution in [2.45, 2.75) is 25.9 Å². The second kappa shape index (κ2) is 5.44. The Morgan fingerprint density at radius 3 is 2.93 bits per heavy atom. The van der Waals surface area contributed by atoms with Crippen molar-refractivity contribution in [3.63, 3.8) is 0 Å². The highest BCUT2D eigenvalue weighted by Gasteiger charge is 2.01. The van der Waals surface area contributed by atoms with Gasteiger partial charge in [-0.25, -0.2) is 4.98 Å². The predicted octanol–water partition coefficient (Wildman–Crippen LogP) is 1.24. The highest BCUT2D eigenvalue weighted by atomic mass is 16.3. The molecule has 1 aromatic rings. The van der Waals surface area contributed by atoms with Crippen molar-refractivity contribution in [1.29, 1.82) is 0 Å². The van der Waals surface area contributed by atoms with E-state index in [0.29, 0.717) is 12.2 Å². The zero-order valence-electron chi connectivity index (χ0n) is 8.40. The summed E-state index contributed by atoms with van der Waals surface area (Å²) < 4.78 is 0. The van der Waals surface area contributed by atoms with E-state index in [9.17, 15) is 5.11 Å². The summed E-state index contributed by atoms with van der Waals surface area (Å²) in [4.78, 5) is 4.06. The van der Waals surface area contributed by atoms with Crippen LogP contribution >= 0.6 is 0 Å². The van der Waals surface area contributed by atoms with Gasteiger partial charge < -0.3 is 16.2 Å². The van der Waals surface area contributed by atoms with Gasteiger partial charge in [0, 0.05) is 6.54 Å². The van der Waals surface area contributed by atoms with Gasteiger partial charge in [-0.3, -0.25) is 0 Å². The molecule has 0 aliphatic carbocycles. The summed E-state index contributed by atoms with van der Waals surface area (Å²) in [5.74, 6) is 0.745. The van der Waals surface area contributed by atoms with Crippen LogP contribution in [0.4, 0.5) is 11.5 Å².